The maximum atomic E-state index is 13.7. The molecule has 0 saturated heterocycles. The van der Waals surface area contributed by atoms with Crippen LogP contribution in [0.2, 0.25) is 0 Å². The summed E-state index contributed by atoms with van der Waals surface area (Å²) in [5, 5.41) is 8.76. The first kappa shape index (κ1) is 20.1. The maximum Gasteiger partial charge on any atom is 0.144 e. The fourth-order valence-corrected chi connectivity index (χ4v) is 5.33. The number of aryl methyl sites for hydroxylation is 1. The van der Waals surface area contributed by atoms with Gasteiger partial charge in [-0.25, -0.2) is 8.78 Å². The summed E-state index contributed by atoms with van der Waals surface area (Å²) in [4.78, 5) is 0. The Bertz CT molecular complexity index is 651. The molecular formula is C24H31F2N. The van der Waals surface area contributed by atoms with Gasteiger partial charge in [0.25, 0.3) is 0 Å². The second kappa shape index (κ2) is 9.49. The Morgan fingerprint density at radius 2 is 1.44 bits per heavy atom. The summed E-state index contributed by atoms with van der Waals surface area (Å²) >= 11 is 0. The number of rotatable bonds is 6. The van der Waals surface area contributed by atoms with Gasteiger partial charge in [0.1, 0.15) is 23.3 Å². The highest BCUT2D eigenvalue weighted by Crippen LogP contribution is 2.42. The lowest BCUT2D eigenvalue weighted by molar-refractivity contribution is 0.144. The van der Waals surface area contributed by atoms with Crippen molar-refractivity contribution in [2.45, 2.75) is 70.6 Å². The summed E-state index contributed by atoms with van der Waals surface area (Å²) in [6, 6.07) is 4.24. The summed E-state index contributed by atoms with van der Waals surface area (Å²) in [7, 11) is 0. The average molecular weight is 372 g/mol. The van der Waals surface area contributed by atoms with Crippen molar-refractivity contribution in [1.29, 1.82) is 5.26 Å². The van der Waals surface area contributed by atoms with E-state index in [2.05, 4.69) is 12.7 Å². The largest absolute Gasteiger partial charge is 0.205 e. The Kier molecular flexibility index (Phi) is 7.05. The molecule has 0 amide bonds. The first-order chi connectivity index (χ1) is 13.1. The number of benzene rings is 1. The van der Waals surface area contributed by atoms with E-state index in [4.69, 9.17) is 5.26 Å². The number of hydrogen-bond donors (Lipinski definition) is 0. The molecule has 2 aliphatic rings. The Morgan fingerprint density at radius 3 is 1.93 bits per heavy atom. The molecule has 1 nitrogen and oxygen atoms in total. The van der Waals surface area contributed by atoms with Crippen molar-refractivity contribution in [2.24, 2.45) is 23.7 Å². The van der Waals surface area contributed by atoms with Crippen molar-refractivity contribution in [3.05, 3.63) is 47.5 Å². The minimum Gasteiger partial charge on any atom is -0.205 e. The van der Waals surface area contributed by atoms with Crippen LogP contribution in [0.5, 0.6) is 0 Å². The van der Waals surface area contributed by atoms with Crippen molar-refractivity contribution >= 4 is 0 Å². The van der Waals surface area contributed by atoms with Crippen LogP contribution in [0.1, 0.15) is 75.3 Å². The minimum atomic E-state index is -0.733. The van der Waals surface area contributed by atoms with E-state index in [1.54, 1.807) is 6.07 Å². The standard InChI is InChI=1S/C24H31F2N/c1-2-3-17-6-10-20(11-7-17)21-12-8-18(9-13-21)4-5-19-14-23(25)22(16-27)24(26)15-19/h2,14-15,17-18,20-21H,1,3-13H2. The van der Waals surface area contributed by atoms with Gasteiger partial charge in [0.15, 0.2) is 0 Å². The Balaban J connectivity index is 1.43. The van der Waals surface area contributed by atoms with E-state index in [0.29, 0.717) is 17.9 Å². The molecule has 146 valence electrons. The quantitative estimate of drug-likeness (QED) is 0.496. The second-order valence-corrected chi connectivity index (χ2v) is 8.67. The van der Waals surface area contributed by atoms with Crippen LogP contribution < -0.4 is 0 Å². The second-order valence-electron chi connectivity index (χ2n) is 8.67. The lowest BCUT2D eigenvalue weighted by Crippen LogP contribution is -2.26. The predicted molar refractivity (Wildman–Crippen MR) is 105 cm³/mol. The molecule has 0 aliphatic heterocycles. The molecule has 27 heavy (non-hydrogen) atoms. The molecule has 0 unspecified atom stereocenters. The fraction of sp³-hybridized carbons (Fsp3) is 0.625. The molecule has 0 radical (unpaired) electrons. The van der Waals surface area contributed by atoms with E-state index in [1.165, 1.54) is 69.9 Å². The predicted octanol–water partition coefficient (Wildman–Crippen LogP) is 6.96. The zero-order valence-corrected chi connectivity index (χ0v) is 16.2. The van der Waals surface area contributed by atoms with Crippen molar-refractivity contribution in [1.82, 2.24) is 0 Å². The average Bonchev–Trinajstić information content (AvgIpc) is 2.67. The molecule has 1 aromatic carbocycles. The van der Waals surface area contributed by atoms with Gasteiger partial charge in [-0.3, -0.25) is 0 Å². The van der Waals surface area contributed by atoms with E-state index in [-0.39, 0.29) is 0 Å². The third kappa shape index (κ3) is 5.18. The fourth-order valence-electron chi connectivity index (χ4n) is 5.33. The van der Waals surface area contributed by atoms with E-state index in [9.17, 15) is 8.78 Å². The lowest BCUT2D eigenvalue weighted by Gasteiger charge is -2.37. The highest BCUT2D eigenvalue weighted by atomic mass is 19.1. The van der Waals surface area contributed by atoms with Gasteiger partial charge in [-0.1, -0.05) is 18.9 Å². The van der Waals surface area contributed by atoms with E-state index >= 15 is 0 Å². The maximum absolute atomic E-state index is 13.7. The zero-order valence-electron chi connectivity index (χ0n) is 16.2. The molecular weight excluding hydrogens is 340 g/mol. The molecule has 0 aromatic heterocycles. The van der Waals surface area contributed by atoms with Gasteiger partial charge >= 0.3 is 0 Å². The van der Waals surface area contributed by atoms with Crippen LogP contribution >= 0.6 is 0 Å². The van der Waals surface area contributed by atoms with Gasteiger partial charge in [-0.15, -0.1) is 6.58 Å². The summed E-state index contributed by atoms with van der Waals surface area (Å²) in [5.74, 6) is 1.86. The normalized spacial score (nSPS) is 28.5. The van der Waals surface area contributed by atoms with Gasteiger partial charge < -0.3 is 0 Å². The van der Waals surface area contributed by atoms with Crippen LogP contribution in [0.3, 0.4) is 0 Å². The molecule has 3 rings (SSSR count). The number of halogens is 2. The molecule has 0 atom stereocenters. The Hall–Kier alpha value is -1.69. The van der Waals surface area contributed by atoms with Crippen molar-refractivity contribution in [2.75, 3.05) is 0 Å². The molecule has 2 fully saturated rings. The van der Waals surface area contributed by atoms with Crippen LogP contribution in [-0.4, -0.2) is 0 Å². The number of allylic oxidation sites excluding steroid dienone is 1. The number of hydrogen-bond acceptors (Lipinski definition) is 1. The Labute approximate surface area is 162 Å². The molecule has 0 N–H and O–H groups in total. The van der Waals surface area contributed by atoms with Gasteiger partial charge in [0.2, 0.25) is 0 Å². The van der Waals surface area contributed by atoms with Crippen LogP contribution in [-0.2, 0) is 6.42 Å². The van der Waals surface area contributed by atoms with Crippen LogP contribution in [0.15, 0.2) is 24.8 Å². The smallest absolute Gasteiger partial charge is 0.144 e. The van der Waals surface area contributed by atoms with Gasteiger partial charge in [0, 0.05) is 0 Å². The van der Waals surface area contributed by atoms with Gasteiger partial charge in [-0.2, -0.15) is 5.26 Å². The van der Waals surface area contributed by atoms with Gasteiger partial charge in [0.05, 0.1) is 0 Å². The molecule has 2 aliphatic carbocycles. The molecule has 0 heterocycles. The van der Waals surface area contributed by atoms with Gasteiger partial charge in [-0.05, 0) is 99.2 Å². The summed E-state index contributed by atoms with van der Waals surface area (Å²) in [6.07, 6.45) is 15.6. The van der Waals surface area contributed by atoms with Crippen molar-refractivity contribution in [3.8, 4) is 6.07 Å². The van der Waals surface area contributed by atoms with E-state index < -0.39 is 17.2 Å². The highest BCUT2D eigenvalue weighted by molar-refractivity contribution is 5.35. The highest BCUT2D eigenvalue weighted by Gasteiger charge is 2.30. The topological polar surface area (TPSA) is 23.8 Å². The van der Waals surface area contributed by atoms with E-state index in [0.717, 1.165) is 24.2 Å². The van der Waals surface area contributed by atoms with Crippen LogP contribution in [0.25, 0.3) is 0 Å². The minimum absolute atomic E-state index is 0.470. The molecule has 0 bridgehead atoms. The third-order valence-electron chi connectivity index (χ3n) is 7.00. The summed E-state index contributed by atoms with van der Waals surface area (Å²) in [5.41, 5.74) is 0.203. The first-order valence-corrected chi connectivity index (χ1v) is 10.6. The number of nitrogens with zero attached hydrogens (tertiary/aromatic N) is 1. The SMILES string of the molecule is C=CCC1CCC(C2CCC(CCc3cc(F)c(C#N)c(F)c3)CC2)CC1. The zero-order chi connectivity index (χ0) is 19.2. The van der Waals surface area contributed by atoms with Crippen molar-refractivity contribution in [3.63, 3.8) is 0 Å². The molecule has 2 saturated carbocycles. The molecule has 1 aromatic rings. The van der Waals surface area contributed by atoms with Crippen molar-refractivity contribution < 1.29 is 8.78 Å². The summed E-state index contributed by atoms with van der Waals surface area (Å²) < 4.78 is 27.5. The van der Waals surface area contributed by atoms with Crippen LogP contribution in [0.4, 0.5) is 8.78 Å². The molecule has 0 spiro atoms. The number of nitriles is 1. The van der Waals surface area contributed by atoms with E-state index in [1.807, 2.05) is 0 Å². The first-order valence-electron chi connectivity index (χ1n) is 10.6. The third-order valence-corrected chi connectivity index (χ3v) is 7.00. The lowest BCUT2D eigenvalue weighted by atomic mass is 9.68. The Morgan fingerprint density at radius 1 is 0.926 bits per heavy atom. The summed E-state index contributed by atoms with van der Waals surface area (Å²) in [6.45, 7) is 3.87. The monoisotopic (exact) mass is 371 g/mol. The molecule has 3 heteroatoms. The van der Waals surface area contributed by atoms with Crippen LogP contribution in [0, 0.1) is 46.6 Å².